The number of nitrogens with one attached hydrogen (secondary N) is 1. The van der Waals surface area contributed by atoms with Crippen molar-refractivity contribution >= 4 is 22.5 Å². The van der Waals surface area contributed by atoms with E-state index in [0.717, 1.165) is 23.4 Å². The fourth-order valence-electron chi connectivity index (χ4n) is 3.14. The van der Waals surface area contributed by atoms with Crippen LogP contribution in [0.15, 0.2) is 60.8 Å². The number of fused-ring (bicyclic) bond motifs is 2. The zero-order valence-electron chi connectivity index (χ0n) is 11.9. The third-order valence-electron chi connectivity index (χ3n) is 4.31. The summed E-state index contributed by atoms with van der Waals surface area (Å²) in [5.74, 6) is 0.787. The first-order valence-electron chi connectivity index (χ1n) is 7.29. The zero-order chi connectivity index (χ0) is 15.0. The normalized spacial score (nSPS) is 20.4. The number of hydrogen-bond acceptors (Lipinski definition) is 3. The molecule has 2 aromatic carbocycles. The molecule has 0 saturated heterocycles. The van der Waals surface area contributed by atoms with Gasteiger partial charge in [-0.25, -0.2) is 4.84 Å². The minimum Gasteiger partial charge on any atom is -0.491 e. The predicted molar refractivity (Wildman–Crippen MR) is 88.1 cm³/mol. The molecule has 1 aliphatic heterocycles. The number of ether oxygens (including phenoxy) is 1. The van der Waals surface area contributed by atoms with Crippen molar-refractivity contribution in [2.24, 2.45) is 0 Å². The molecule has 2 heterocycles. The van der Waals surface area contributed by atoms with E-state index in [4.69, 9.17) is 16.5 Å². The summed E-state index contributed by atoms with van der Waals surface area (Å²) < 4.78 is 5.73. The Balaban J connectivity index is 1.94. The van der Waals surface area contributed by atoms with E-state index in [2.05, 4.69) is 40.2 Å². The average molecular weight is 311 g/mol. The van der Waals surface area contributed by atoms with Gasteiger partial charge in [-0.05, 0) is 46.3 Å². The summed E-state index contributed by atoms with van der Waals surface area (Å²) in [4.78, 5) is 7.51. The number of benzene rings is 2. The predicted octanol–water partition coefficient (Wildman–Crippen LogP) is 4.00. The summed E-state index contributed by atoms with van der Waals surface area (Å²) in [5, 5.41) is 2.40. The SMILES string of the molecule is ClN[C@]1(c2ccc3ccccc3c2)CCOc2cccnc21. The molecule has 0 bridgehead atoms. The molecule has 0 amide bonds. The molecule has 1 aliphatic rings. The molecule has 0 fully saturated rings. The minimum atomic E-state index is -0.527. The van der Waals surface area contributed by atoms with Crippen LogP contribution in [-0.2, 0) is 5.54 Å². The van der Waals surface area contributed by atoms with E-state index in [9.17, 15) is 0 Å². The van der Waals surface area contributed by atoms with Crippen molar-refractivity contribution in [3.63, 3.8) is 0 Å². The Hall–Kier alpha value is -2.10. The Labute approximate surface area is 134 Å². The van der Waals surface area contributed by atoms with Gasteiger partial charge in [0.05, 0.1) is 6.61 Å². The first kappa shape index (κ1) is 13.6. The van der Waals surface area contributed by atoms with E-state index in [-0.39, 0.29) is 0 Å². The second-order valence-electron chi connectivity index (χ2n) is 5.51. The lowest BCUT2D eigenvalue weighted by molar-refractivity contribution is 0.223. The smallest absolute Gasteiger partial charge is 0.143 e. The van der Waals surface area contributed by atoms with E-state index < -0.39 is 5.54 Å². The van der Waals surface area contributed by atoms with Gasteiger partial charge in [0.1, 0.15) is 17.0 Å². The molecule has 1 aromatic heterocycles. The van der Waals surface area contributed by atoms with Gasteiger partial charge in [0, 0.05) is 12.6 Å². The topological polar surface area (TPSA) is 34.1 Å². The molecule has 0 aliphatic carbocycles. The molecule has 4 heteroatoms. The first-order valence-corrected chi connectivity index (χ1v) is 7.67. The van der Waals surface area contributed by atoms with E-state index in [1.54, 1.807) is 6.20 Å². The van der Waals surface area contributed by atoms with Gasteiger partial charge in [0.15, 0.2) is 0 Å². The van der Waals surface area contributed by atoms with Crippen LogP contribution >= 0.6 is 11.8 Å². The molecule has 0 radical (unpaired) electrons. The highest BCUT2D eigenvalue weighted by Crippen LogP contribution is 2.41. The maximum Gasteiger partial charge on any atom is 0.143 e. The Bertz CT molecular complexity index is 836. The van der Waals surface area contributed by atoms with Crippen LogP contribution in [0.25, 0.3) is 10.8 Å². The summed E-state index contributed by atoms with van der Waals surface area (Å²) in [6.07, 6.45) is 2.51. The molecular weight excluding hydrogens is 296 g/mol. The summed E-state index contributed by atoms with van der Waals surface area (Å²) in [5.41, 5.74) is 1.41. The monoisotopic (exact) mass is 310 g/mol. The van der Waals surface area contributed by atoms with Crippen molar-refractivity contribution in [1.29, 1.82) is 0 Å². The van der Waals surface area contributed by atoms with Crippen molar-refractivity contribution in [1.82, 2.24) is 9.82 Å². The van der Waals surface area contributed by atoms with E-state index in [1.807, 2.05) is 24.3 Å². The quantitative estimate of drug-likeness (QED) is 0.726. The highest BCUT2D eigenvalue weighted by molar-refractivity contribution is 6.14. The Morgan fingerprint density at radius 1 is 1.05 bits per heavy atom. The van der Waals surface area contributed by atoms with Gasteiger partial charge >= 0.3 is 0 Å². The van der Waals surface area contributed by atoms with Crippen LogP contribution < -0.4 is 9.57 Å². The fourth-order valence-corrected chi connectivity index (χ4v) is 3.44. The Kier molecular flexibility index (Phi) is 3.25. The molecule has 3 aromatic rings. The van der Waals surface area contributed by atoms with E-state index >= 15 is 0 Å². The number of pyridine rings is 1. The number of rotatable bonds is 2. The molecule has 0 spiro atoms. The van der Waals surface area contributed by atoms with Gasteiger partial charge in [-0.2, -0.15) is 0 Å². The lowest BCUT2D eigenvalue weighted by atomic mass is 9.82. The van der Waals surface area contributed by atoms with Gasteiger partial charge < -0.3 is 4.74 Å². The summed E-state index contributed by atoms with van der Waals surface area (Å²) in [6.45, 7) is 0.602. The van der Waals surface area contributed by atoms with Crippen LogP contribution in [-0.4, -0.2) is 11.6 Å². The maximum atomic E-state index is 6.20. The molecule has 4 rings (SSSR count). The zero-order valence-corrected chi connectivity index (χ0v) is 12.7. The largest absolute Gasteiger partial charge is 0.491 e. The molecule has 0 unspecified atom stereocenters. The van der Waals surface area contributed by atoms with Gasteiger partial charge in [0.2, 0.25) is 0 Å². The molecule has 1 atom stereocenters. The van der Waals surface area contributed by atoms with Crippen LogP contribution in [0.3, 0.4) is 0 Å². The van der Waals surface area contributed by atoms with Gasteiger partial charge in [-0.1, -0.05) is 36.4 Å². The standard InChI is InChI=1S/C18H15ClN2O/c19-21-18(9-11-22-16-6-3-10-20-17(16)18)15-8-7-13-4-1-2-5-14(13)12-15/h1-8,10,12,21H,9,11H2/t18-/m0/s1. The van der Waals surface area contributed by atoms with Crippen LogP contribution in [0, 0.1) is 0 Å². The molecule has 3 nitrogen and oxygen atoms in total. The third kappa shape index (κ3) is 1.97. The second-order valence-corrected chi connectivity index (χ2v) is 5.70. The highest BCUT2D eigenvalue weighted by Gasteiger charge is 2.40. The lowest BCUT2D eigenvalue weighted by Crippen LogP contribution is -2.43. The molecule has 22 heavy (non-hydrogen) atoms. The number of halogens is 1. The van der Waals surface area contributed by atoms with E-state index in [1.165, 1.54) is 10.8 Å². The first-order chi connectivity index (χ1) is 10.8. The van der Waals surface area contributed by atoms with Crippen LogP contribution in [0.2, 0.25) is 0 Å². The third-order valence-corrected chi connectivity index (χ3v) is 4.64. The molecule has 110 valence electrons. The van der Waals surface area contributed by atoms with Crippen LogP contribution in [0.5, 0.6) is 5.75 Å². The number of hydrogen-bond donors (Lipinski definition) is 1. The summed E-state index contributed by atoms with van der Waals surface area (Å²) >= 11 is 6.20. The Morgan fingerprint density at radius 3 is 2.77 bits per heavy atom. The lowest BCUT2D eigenvalue weighted by Gasteiger charge is -2.37. The maximum absolute atomic E-state index is 6.20. The minimum absolute atomic E-state index is 0.527. The van der Waals surface area contributed by atoms with Crippen LogP contribution in [0.1, 0.15) is 17.7 Å². The summed E-state index contributed by atoms with van der Waals surface area (Å²) in [6, 6.07) is 18.5. The Morgan fingerprint density at radius 2 is 1.91 bits per heavy atom. The molecular formula is C18H15ClN2O. The van der Waals surface area contributed by atoms with Crippen molar-refractivity contribution in [2.45, 2.75) is 12.0 Å². The van der Waals surface area contributed by atoms with Gasteiger partial charge in [0.25, 0.3) is 0 Å². The summed E-state index contributed by atoms with van der Waals surface area (Å²) in [7, 11) is 0. The molecule has 1 N–H and O–H groups in total. The number of aromatic nitrogens is 1. The molecule has 0 saturated carbocycles. The fraction of sp³-hybridized carbons (Fsp3) is 0.167. The van der Waals surface area contributed by atoms with Crippen molar-refractivity contribution in [2.75, 3.05) is 6.61 Å². The average Bonchev–Trinajstić information content (AvgIpc) is 2.60. The second kappa shape index (κ2) is 5.27. The van der Waals surface area contributed by atoms with Crippen molar-refractivity contribution in [3.8, 4) is 5.75 Å². The van der Waals surface area contributed by atoms with E-state index in [0.29, 0.717) is 6.61 Å². The van der Waals surface area contributed by atoms with Crippen molar-refractivity contribution < 1.29 is 4.74 Å². The van der Waals surface area contributed by atoms with Gasteiger partial charge in [-0.3, -0.25) is 4.98 Å². The van der Waals surface area contributed by atoms with Crippen molar-refractivity contribution in [3.05, 3.63) is 72.1 Å². The highest BCUT2D eigenvalue weighted by atomic mass is 35.5. The van der Waals surface area contributed by atoms with Gasteiger partial charge in [-0.15, -0.1) is 0 Å². The number of nitrogens with zero attached hydrogens (tertiary/aromatic N) is 1. The van der Waals surface area contributed by atoms with Crippen LogP contribution in [0.4, 0.5) is 0 Å².